The number of ether oxygens (including phenoxy) is 2. The summed E-state index contributed by atoms with van der Waals surface area (Å²) in [6, 6.07) is 13.7. The number of rotatable bonds is 6. The number of amides is 1. The molecule has 0 saturated carbocycles. The highest BCUT2D eigenvalue weighted by atomic mass is 19.3. The number of carbonyl (C=O) groups excluding carboxylic acids is 1. The minimum atomic E-state index is -2.98. The maximum absolute atomic E-state index is 12.5. The van der Waals surface area contributed by atoms with Gasteiger partial charge in [-0.05, 0) is 24.1 Å². The first-order valence-corrected chi connectivity index (χ1v) is 8.06. The molecule has 0 spiro atoms. The van der Waals surface area contributed by atoms with Crippen LogP contribution in [0.1, 0.15) is 18.0 Å². The van der Waals surface area contributed by atoms with E-state index in [4.69, 9.17) is 4.74 Å². The highest BCUT2D eigenvalue weighted by Gasteiger charge is 2.30. The topological polar surface area (TPSA) is 71.6 Å². The average molecular weight is 363 g/mol. The van der Waals surface area contributed by atoms with Crippen LogP contribution < -0.4 is 25.6 Å². The van der Waals surface area contributed by atoms with Crippen molar-refractivity contribution in [3.05, 3.63) is 54.1 Å². The van der Waals surface area contributed by atoms with Gasteiger partial charge in [0.2, 0.25) is 5.91 Å². The zero-order chi connectivity index (χ0) is 18.5. The molecule has 2 aromatic rings. The predicted molar refractivity (Wildman–Crippen MR) is 92.1 cm³/mol. The molecule has 1 fully saturated rings. The van der Waals surface area contributed by atoms with Crippen LogP contribution in [-0.4, -0.2) is 25.7 Å². The second-order valence-corrected chi connectivity index (χ2v) is 5.77. The van der Waals surface area contributed by atoms with Crippen LogP contribution in [0.2, 0.25) is 0 Å². The van der Waals surface area contributed by atoms with Crippen LogP contribution in [0.25, 0.3) is 0 Å². The Balaban J connectivity index is 1.65. The standard InChI is InChI=1S/C18H19F2N3O3/c1-25-15-8-7-12(9-16(15)26-18(19)20)21-17(24)14-10-13(22-23-14)11-5-3-2-4-6-11/h2-9,13-14,18,22-23H,10H2,1H3,(H,21,24). The molecule has 1 aliphatic heterocycles. The van der Waals surface area contributed by atoms with E-state index in [-0.39, 0.29) is 23.4 Å². The summed E-state index contributed by atoms with van der Waals surface area (Å²) in [4.78, 5) is 12.4. The Morgan fingerprint density at radius 3 is 2.62 bits per heavy atom. The van der Waals surface area contributed by atoms with E-state index >= 15 is 0 Å². The lowest BCUT2D eigenvalue weighted by atomic mass is 10.0. The van der Waals surface area contributed by atoms with Crippen molar-refractivity contribution in [1.29, 1.82) is 0 Å². The molecule has 0 aliphatic carbocycles. The van der Waals surface area contributed by atoms with Gasteiger partial charge in [0.05, 0.1) is 7.11 Å². The van der Waals surface area contributed by atoms with E-state index in [1.165, 1.54) is 19.2 Å². The lowest BCUT2D eigenvalue weighted by Gasteiger charge is -2.14. The van der Waals surface area contributed by atoms with Crippen molar-refractivity contribution < 1.29 is 23.0 Å². The predicted octanol–water partition coefficient (Wildman–Crippen LogP) is 2.84. The van der Waals surface area contributed by atoms with E-state index in [0.717, 1.165) is 5.56 Å². The van der Waals surface area contributed by atoms with Crippen molar-refractivity contribution in [3.63, 3.8) is 0 Å². The van der Waals surface area contributed by atoms with Crippen LogP contribution in [0, 0.1) is 0 Å². The smallest absolute Gasteiger partial charge is 0.387 e. The van der Waals surface area contributed by atoms with Gasteiger partial charge in [0, 0.05) is 17.8 Å². The van der Waals surface area contributed by atoms with Crippen LogP contribution in [0.5, 0.6) is 11.5 Å². The van der Waals surface area contributed by atoms with Crippen LogP contribution in [-0.2, 0) is 4.79 Å². The highest BCUT2D eigenvalue weighted by molar-refractivity contribution is 5.95. The molecule has 1 aliphatic rings. The third-order valence-electron chi connectivity index (χ3n) is 4.07. The molecule has 2 unspecified atom stereocenters. The van der Waals surface area contributed by atoms with Crippen LogP contribution in [0.4, 0.5) is 14.5 Å². The van der Waals surface area contributed by atoms with Gasteiger partial charge in [0.25, 0.3) is 0 Å². The first-order valence-electron chi connectivity index (χ1n) is 8.06. The molecule has 1 saturated heterocycles. The fraction of sp³-hybridized carbons (Fsp3) is 0.278. The van der Waals surface area contributed by atoms with Gasteiger partial charge in [-0.2, -0.15) is 8.78 Å². The van der Waals surface area contributed by atoms with Gasteiger partial charge < -0.3 is 14.8 Å². The molecular weight excluding hydrogens is 344 g/mol. The Hall–Kier alpha value is -2.71. The number of halogens is 2. The summed E-state index contributed by atoms with van der Waals surface area (Å²) in [5.41, 5.74) is 7.47. The molecule has 2 atom stereocenters. The van der Waals surface area contributed by atoms with Crippen molar-refractivity contribution in [1.82, 2.24) is 10.9 Å². The molecule has 2 aromatic carbocycles. The van der Waals surface area contributed by atoms with Crippen LogP contribution >= 0.6 is 0 Å². The zero-order valence-corrected chi connectivity index (χ0v) is 14.0. The Labute approximate surface area is 149 Å². The molecule has 1 heterocycles. The van der Waals surface area contributed by atoms with E-state index in [2.05, 4.69) is 20.9 Å². The van der Waals surface area contributed by atoms with Crippen molar-refractivity contribution in [2.45, 2.75) is 25.1 Å². The quantitative estimate of drug-likeness (QED) is 0.736. The van der Waals surface area contributed by atoms with Gasteiger partial charge in [0.15, 0.2) is 11.5 Å². The Morgan fingerprint density at radius 2 is 1.92 bits per heavy atom. The first-order chi connectivity index (χ1) is 12.6. The Morgan fingerprint density at radius 1 is 1.15 bits per heavy atom. The molecule has 8 heteroatoms. The molecule has 6 nitrogen and oxygen atoms in total. The Bertz CT molecular complexity index is 759. The van der Waals surface area contributed by atoms with E-state index < -0.39 is 12.7 Å². The number of anilines is 1. The number of benzene rings is 2. The van der Waals surface area contributed by atoms with Crippen LogP contribution in [0.3, 0.4) is 0 Å². The summed E-state index contributed by atoms with van der Waals surface area (Å²) in [5, 5.41) is 2.70. The maximum atomic E-state index is 12.5. The number of methoxy groups -OCH3 is 1. The van der Waals surface area contributed by atoms with Gasteiger partial charge in [-0.25, -0.2) is 10.9 Å². The second kappa shape index (κ2) is 8.11. The number of hydrazine groups is 1. The summed E-state index contributed by atoms with van der Waals surface area (Å²) < 4.78 is 34.4. The Kier molecular flexibility index (Phi) is 5.65. The number of hydrogen-bond acceptors (Lipinski definition) is 5. The molecule has 0 bridgehead atoms. The van der Waals surface area contributed by atoms with Crippen LogP contribution in [0.15, 0.2) is 48.5 Å². The molecule has 0 aromatic heterocycles. The molecule has 0 radical (unpaired) electrons. The lowest BCUT2D eigenvalue weighted by Crippen LogP contribution is -2.39. The van der Waals surface area contributed by atoms with Crippen molar-refractivity contribution >= 4 is 11.6 Å². The van der Waals surface area contributed by atoms with E-state index in [1.54, 1.807) is 6.07 Å². The van der Waals surface area contributed by atoms with Crippen molar-refractivity contribution in [2.24, 2.45) is 0 Å². The molecule has 3 N–H and O–H groups in total. The summed E-state index contributed by atoms with van der Waals surface area (Å²) in [6.45, 7) is -2.98. The molecular formula is C18H19F2N3O3. The van der Waals surface area contributed by atoms with E-state index in [0.29, 0.717) is 12.1 Å². The molecule has 3 rings (SSSR count). The fourth-order valence-electron chi connectivity index (χ4n) is 2.80. The van der Waals surface area contributed by atoms with Gasteiger partial charge in [-0.3, -0.25) is 4.79 Å². The number of hydrogen-bond donors (Lipinski definition) is 3. The summed E-state index contributed by atoms with van der Waals surface area (Å²) in [7, 11) is 1.35. The normalized spacial score (nSPS) is 19.4. The van der Waals surface area contributed by atoms with E-state index in [9.17, 15) is 13.6 Å². The van der Waals surface area contributed by atoms with Crippen molar-refractivity contribution in [3.8, 4) is 11.5 Å². The minimum Gasteiger partial charge on any atom is -0.493 e. The SMILES string of the molecule is COc1ccc(NC(=O)C2CC(c3ccccc3)NN2)cc1OC(F)F. The molecule has 138 valence electrons. The second-order valence-electron chi connectivity index (χ2n) is 5.77. The number of alkyl halides is 2. The zero-order valence-electron chi connectivity index (χ0n) is 14.0. The average Bonchev–Trinajstić information content (AvgIpc) is 3.12. The summed E-state index contributed by atoms with van der Waals surface area (Å²) in [5.74, 6) is -0.253. The van der Waals surface area contributed by atoms with Gasteiger partial charge >= 0.3 is 6.61 Å². The first kappa shape index (κ1) is 18.1. The lowest BCUT2D eigenvalue weighted by molar-refractivity contribution is -0.117. The summed E-state index contributed by atoms with van der Waals surface area (Å²) >= 11 is 0. The molecule has 26 heavy (non-hydrogen) atoms. The third kappa shape index (κ3) is 4.27. The monoisotopic (exact) mass is 363 g/mol. The molecule has 1 amide bonds. The fourth-order valence-corrected chi connectivity index (χ4v) is 2.80. The van der Waals surface area contributed by atoms with Gasteiger partial charge in [0.1, 0.15) is 6.04 Å². The van der Waals surface area contributed by atoms with Gasteiger partial charge in [-0.1, -0.05) is 30.3 Å². The van der Waals surface area contributed by atoms with Gasteiger partial charge in [-0.15, -0.1) is 0 Å². The van der Waals surface area contributed by atoms with E-state index in [1.807, 2.05) is 30.3 Å². The van der Waals surface area contributed by atoms with Crippen molar-refractivity contribution in [2.75, 3.05) is 12.4 Å². The largest absolute Gasteiger partial charge is 0.493 e. The highest BCUT2D eigenvalue weighted by Crippen LogP contribution is 2.32. The number of carbonyl (C=O) groups is 1. The summed E-state index contributed by atoms with van der Waals surface area (Å²) in [6.07, 6.45) is 0.562. The minimum absolute atomic E-state index is 0.0144. The third-order valence-corrected chi connectivity index (χ3v) is 4.07. The maximum Gasteiger partial charge on any atom is 0.387 e. The number of nitrogens with one attached hydrogen (secondary N) is 3.